The molecule has 0 aliphatic carbocycles. The molecule has 2 aromatic carbocycles. The second kappa shape index (κ2) is 4.61. The van der Waals surface area contributed by atoms with Crippen LogP contribution in [0.2, 0.25) is 0 Å². The van der Waals surface area contributed by atoms with Crippen LogP contribution in [0, 0.1) is 13.8 Å². The topological polar surface area (TPSA) is 52.0 Å². The number of anilines is 2. The van der Waals surface area contributed by atoms with Gasteiger partial charge in [-0.25, -0.2) is 0 Å². The summed E-state index contributed by atoms with van der Waals surface area (Å²) in [5, 5.41) is 0. The Morgan fingerprint density at radius 3 is 1.47 bits per heavy atom. The van der Waals surface area contributed by atoms with Gasteiger partial charge in [-0.2, -0.15) is 0 Å². The maximum Gasteiger partial charge on any atom is 0.0346 e. The van der Waals surface area contributed by atoms with Gasteiger partial charge in [-0.1, -0.05) is 38.1 Å². The minimum atomic E-state index is -0.112. The number of benzene rings is 2. The van der Waals surface area contributed by atoms with Gasteiger partial charge in [-0.05, 0) is 48.2 Å². The van der Waals surface area contributed by atoms with Crippen molar-refractivity contribution in [1.82, 2.24) is 0 Å². The predicted octanol–water partition coefficient (Wildman–Crippen LogP) is 3.79. The Hall–Kier alpha value is -1.96. The molecular weight excluding hydrogens is 232 g/mol. The van der Waals surface area contributed by atoms with Gasteiger partial charge in [-0.15, -0.1) is 0 Å². The molecule has 2 nitrogen and oxygen atoms in total. The fourth-order valence-corrected chi connectivity index (χ4v) is 2.81. The monoisotopic (exact) mass is 254 g/mol. The van der Waals surface area contributed by atoms with E-state index in [1.807, 2.05) is 24.3 Å². The van der Waals surface area contributed by atoms with Crippen molar-refractivity contribution in [1.29, 1.82) is 0 Å². The summed E-state index contributed by atoms with van der Waals surface area (Å²) < 4.78 is 0. The predicted molar refractivity (Wildman–Crippen MR) is 83.3 cm³/mol. The molecule has 0 aliphatic rings. The number of rotatable bonds is 2. The Bertz CT molecular complexity index is 559. The summed E-state index contributed by atoms with van der Waals surface area (Å²) in [4.78, 5) is 0. The molecule has 0 aromatic heterocycles. The molecule has 2 heteroatoms. The van der Waals surface area contributed by atoms with Gasteiger partial charge in [0, 0.05) is 16.8 Å². The zero-order valence-corrected chi connectivity index (χ0v) is 12.1. The van der Waals surface area contributed by atoms with Gasteiger partial charge >= 0.3 is 0 Å². The highest BCUT2D eigenvalue weighted by Crippen LogP contribution is 2.37. The molecule has 0 atom stereocenters. The van der Waals surface area contributed by atoms with Crippen LogP contribution in [0.1, 0.15) is 36.1 Å². The Morgan fingerprint density at radius 2 is 1.11 bits per heavy atom. The summed E-state index contributed by atoms with van der Waals surface area (Å²) in [6, 6.07) is 12.2. The molecule has 100 valence electrons. The first-order chi connectivity index (χ1) is 8.85. The third-order valence-corrected chi connectivity index (χ3v) is 4.10. The van der Waals surface area contributed by atoms with E-state index in [4.69, 9.17) is 11.5 Å². The smallest absolute Gasteiger partial charge is 0.0346 e. The van der Waals surface area contributed by atoms with Gasteiger partial charge in [0.2, 0.25) is 0 Å². The first-order valence-corrected chi connectivity index (χ1v) is 6.57. The fourth-order valence-electron chi connectivity index (χ4n) is 2.81. The average Bonchev–Trinajstić information content (AvgIpc) is 2.35. The van der Waals surface area contributed by atoms with E-state index in [-0.39, 0.29) is 5.41 Å². The highest BCUT2D eigenvalue weighted by molar-refractivity contribution is 5.59. The van der Waals surface area contributed by atoms with E-state index in [1.165, 1.54) is 11.1 Å². The first-order valence-electron chi connectivity index (χ1n) is 6.57. The van der Waals surface area contributed by atoms with Crippen LogP contribution in [0.3, 0.4) is 0 Å². The molecule has 0 saturated heterocycles. The van der Waals surface area contributed by atoms with Crippen LogP contribution in [0.15, 0.2) is 36.4 Å². The van der Waals surface area contributed by atoms with Crippen molar-refractivity contribution in [2.75, 3.05) is 11.5 Å². The van der Waals surface area contributed by atoms with E-state index >= 15 is 0 Å². The van der Waals surface area contributed by atoms with E-state index < -0.39 is 0 Å². The Kier molecular flexibility index (Phi) is 3.27. The third-order valence-electron chi connectivity index (χ3n) is 4.10. The molecule has 19 heavy (non-hydrogen) atoms. The van der Waals surface area contributed by atoms with Gasteiger partial charge in [0.25, 0.3) is 0 Å². The van der Waals surface area contributed by atoms with E-state index in [1.54, 1.807) is 0 Å². The van der Waals surface area contributed by atoms with Crippen LogP contribution < -0.4 is 11.5 Å². The minimum Gasteiger partial charge on any atom is -0.399 e. The summed E-state index contributed by atoms with van der Waals surface area (Å²) >= 11 is 0. The molecule has 0 unspecified atom stereocenters. The number of nitrogens with two attached hydrogens (primary N) is 2. The molecule has 2 aromatic rings. The van der Waals surface area contributed by atoms with E-state index in [9.17, 15) is 0 Å². The van der Waals surface area contributed by atoms with Crippen LogP contribution in [0.25, 0.3) is 0 Å². The van der Waals surface area contributed by atoms with Crippen molar-refractivity contribution >= 4 is 11.4 Å². The lowest BCUT2D eigenvalue weighted by Gasteiger charge is -2.30. The SMILES string of the molecule is Cc1c(N)cccc1C(C)(C)c1cccc(N)c1C. The van der Waals surface area contributed by atoms with Crippen molar-refractivity contribution in [3.8, 4) is 0 Å². The molecule has 0 bridgehead atoms. The van der Waals surface area contributed by atoms with Crippen LogP contribution in [0.5, 0.6) is 0 Å². The molecular formula is C17H22N2. The number of hydrogen-bond donors (Lipinski definition) is 2. The Morgan fingerprint density at radius 1 is 0.737 bits per heavy atom. The second-order valence-electron chi connectivity index (χ2n) is 5.66. The summed E-state index contributed by atoms with van der Waals surface area (Å²) in [6.45, 7) is 8.59. The summed E-state index contributed by atoms with van der Waals surface area (Å²) in [5.41, 5.74) is 18.4. The quantitative estimate of drug-likeness (QED) is 0.801. The fraction of sp³-hybridized carbons (Fsp3) is 0.294. The van der Waals surface area contributed by atoms with Crippen molar-refractivity contribution in [3.05, 3.63) is 58.7 Å². The molecule has 0 radical (unpaired) electrons. The van der Waals surface area contributed by atoms with E-state index in [2.05, 4.69) is 39.8 Å². The highest BCUT2D eigenvalue weighted by atomic mass is 14.6. The number of hydrogen-bond acceptors (Lipinski definition) is 2. The van der Waals surface area contributed by atoms with Gasteiger partial charge in [0.15, 0.2) is 0 Å². The normalized spacial score (nSPS) is 11.6. The minimum absolute atomic E-state index is 0.112. The lowest BCUT2D eigenvalue weighted by molar-refractivity contribution is 0.632. The van der Waals surface area contributed by atoms with Gasteiger partial charge < -0.3 is 11.5 Å². The maximum absolute atomic E-state index is 6.04. The second-order valence-corrected chi connectivity index (χ2v) is 5.66. The van der Waals surface area contributed by atoms with Crippen LogP contribution in [-0.2, 0) is 5.41 Å². The number of nitrogen functional groups attached to an aromatic ring is 2. The molecule has 0 spiro atoms. The van der Waals surface area contributed by atoms with Gasteiger partial charge in [0.05, 0.1) is 0 Å². The highest BCUT2D eigenvalue weighted by Gasteiger charge is 2.27. The Balaban J connectivity index is 2.65. The van der Waals surface area contributed by atoms with Crippen LogP contribution >= 0.6 is 0 Å². The molecule has 4 N–H and O–H groups in total. The zero-order chi connectivity index (χ0) is 14.2. The van der Waals surface area contributed by atoms with Gasteiger partial charge in [0.1, 0.15) is 0 Å². The maximum atomic E-state index is 6.04. The molecule has 0 aliphatic heterocycles. The molecule has 2 rings (SSSR count). The van der Waals surface area contributed by atoms with E-state index in [0.717, 1.165) is 22.5 Å². The van der Waals surface area contributed by atoms with Crippen molar-refractivity contribution in [2.24, 2.45) is 0 Å². The lowest BCUT2D eigenvalue weighted by atomic mass is 9.74. The Labute approximate surface area is 115 Å². The van der Waals surface area contributed by atoms with Crippen molar-refractivity contribution < 1.29 is 0 Å². The molecule has 0 fully saturated rings. The molecule has 0 saturated carbocycles. The zero-order valence-electron chi connectivity index (χ0n) is 12.1. The first kappa shape index (κ1) is 13.5. The summed E-state index contributed by atoms with van der Waals surface area (Å²) in [7, 11) is 0. The van der Waals surface area contributed by atoms with Crippen molar-refractivity contribution in [2.45, 2.75) is 33.1 Å². The van der Waals surface area contributed by atoms with Crippen LogP contribution in [-0.4, -0.2) is 0 Å². The summed E-state index contributed by atoms with van der Waals surface area (Å²) in [6.07, 6.45) is 0. The molecule has 0 heterocycles. The van der Waals surface area contributed by atoms with Crippen LogP contribution in [0.4, 0.5) is 11.4 Å². The van der Waals surface area contributed by atoms with Gasteiger partial charge in [-0.3, -0.25) is 0 Å². The standard InChI is InChI=1S/C17H22N2/c1-11-13(7-5-9-15(11)18)17(3,4)14-8-6-10-16(19)12(14)2/h5-10H,18-19H2,1-4H3. The average molecular weight is 254 g/mol. The lowest BCUT2D eigenvalue weighted by Crippen LogP contribution is -2.22. The van der Waals surface area contributed by atoms with Crippen molar-refractivity contribution in [3.63, 3.8) is 0 Å². The third kappa shape index (κ3) is 2.19. The van der Waals surface area contributed by atoms with E-state index in [0.29, 0.717) is 0 Å². The molecule has 0 amide bonds. The summed E-state index contributed by atoms with van der Waals surface area (Å²) in [5.74, 6) is 0. The largest absolute Gasteiger partial charge is 0.399 e.